The van der Waals surface area contributed by atoms with Gasteiger partial charge >= 0.3 is 0 Å². The van der Waals surface area contributed by atoms with Crippen LogP contribution in [0.3, 0.4) is 0 Å². The summed E-state index contributed by atoms with van der Waals surface area (Å²) in [6, 6.07) is 18.3. The molecule has 0 aromatic heterocycles. The number of amides is 2. The predicted molar refractivity (Wildman–Crippen MR) is 139 cm³/mol. The molecule has 2 N–H and O–H groups in total. The molecule has 35 heavy (non-hydrogen) atoms. The molecule has 3 aromatic carbocycles. The number of nitrogens with one attached hydrogen (secondary N) is 2. The van der Waals surface area contributed by atoms with Crippen LogP contribution in [-0.2, 0) is 0 Å². The first-order chi connectivity index (χ1) is 16.9. The summed E-state index contributed by atoms with van der Waals surface area (Å²) < 4.78 is 11.4. The Balaban J connectivity index is 1.88. The summed E-state index contributed by atoms with van der Waals surface area (Å²) in [7, 11) is 1.57. The van der Waals surface area contributed by atoms with Crippen LogP contribution in [0.4, 0.5) is 0 Å². The van der Waals surface area contributed by atoms with Crippen molar-refractivity contribution in [2.45, 2.75) is 32.4 Å². The molecule has 3 rings (SSSR count). The zero-order valence-corrected chi connectivity index (χ0v) is 21.2. The van der Waals surface area contributed by atoms with Crippen molar-refractivity contribution in [1.82, 2.24) is 10.6 Å². The van der Waals surface area contributed by atoms with Crippen LogP contribution in [0.25, 0.3) is 0 Å². The fourth-order valence-electron chi connectivity index (χ4n) is 3.35. The first kappa shape index (κ1) is 26.4. The number of unbranched alkanes of at least 4 members (excludes halogenated alkanes) is 2. The number of benzene rings is 3. The van der Waals surface area contributed by atoms with Crippen molar-refractivity contribution >= 4 is 35.0 Å². The van der Waals surface area contributed by atoms with Gasteiger partial charge in [-0.3, -0.25) is 9.59 Å². The second-order valence-electron chi connectivity index (χ2n) is 7.86. The Hall–Kier alpha value is -3.22. The van der Waals surface area contributed by atoms with E-state index in [1.807, 2.05) is 0 Å². The average Bonchev–Trinajstić information content (AvgIpc) is 2.86. The van der Waals surface area contributed by atoms with E-state index in [0.29, 0.717) is 44.8 Å². The summed E-state index contributed by atoms with van der Waals surface area (Å²) in [6.07, 6.45) is 2.20. The van der Waals surface area contributed by atoms with E-state index in [0.717, 1.165) is 19.3 Å². The van der Waals surface area contributed by atoms with Crippen LogP contribution in [-0.4, -0.2) is 25.5 Å². The highest BCUT2D eigenvalue weighted by Crippen LogP contribution is 2.30. The minimum atomic E-state index is -0.842. The molecule has 6 nitrogen and oxygen atoms in total. The number of carbonyl (C=O) groups excluding carboxylic acids is 2. The fraction of sp³-hybridized carbons (Fsp3) is 0.259. The van der Waals surface area contributed by atoms with Gasteiger partial charge in [-0.1, -0.05) is 49.0 Å². The first-order valence-electron chi connectivity index (χ1n) is 11.3. The van der Waals surface area contributed by atoms with Crippen molar-refractivity contribution in [1.29, 1.82) is 0 Å². The van der Waals surface area contributed by atoms with E-state index in [1.165, 1.54) is 0 Å². The number of halogens is 2. The van der Waals surface area contributed by atoms with Gasteiger partial charge in [0.05, 0.1) is 13.7 Å². The molecule has 0 saturated carbocycles. The molecule has 0 fully saturated rings. The lowest BCUT2D eigenvalue weighted by Gasteiger charge is -2.22. The second kappa shape index (κ2) is 13.0. The predicted octanol–water partition coefficient (Wildman–Crippen LogP) is 6.43. The molecule has 184 valence electrons. The van der Waals surface area contributed by atoms with Gasteiger partial charge in [-0.25, -0.2) is 0 Å². The maximum Gasteiger partial charge on any atom is 0.253 e. The third-order valence-electron chi connectivity index (χ3n) is 5.29. The maximum absolute atomic E-state index is 13.0. The van der Waals surface area contributed by atoms with Crippen LogP contribution in [0.15, 0.2) is 66.7 Å². The molecule has 0 saturated heterocycles. The van der Waals surface area contributed by atoms with E-state index in [1.54, 1.807) is 73.8 Å². The quantitative estimate of drug-likeness (QED) is 0.228. The minimum Gasteiger partial charge on any atom is -0.493 e. The van der Waals surface area contributed by atoms with E-state index in [4.69, 9.17) is 32.7 Å². The van der Waals surface area contributed by atoms with Crippen LogP contribution >= 0.6 is 23.2 Å². The molecule has 0 radical (unpaired) electrons. The average molecular weight is 515 g/mol. The van der Waals surface area contributed by atoms with E-state index in [2.05, 4.69) is 17.6 Å². The number of carbonyl (C=O) groups is 2. The molecule has 0 aliphatic rings. The number of rotatable bonds is 11. The van der Waals surface area contributed by atoms with Crippen molar-refractivity contribution in [3.05, 3.63) is 93.5 Å². The Kier molecular flexibility index (Phi) is 9.82. The topological polar surface area (TPSA) is 76.7 Å². The third kappa shape index (κ3) is 7.64. The van der Waals surface area contributed by atoms with Gasteiger partial charge in [0.1, 0.15) is 6.17 Å². The van der Waals surface area contributed by atoms with Gasteiger partial charge in [-0.2, -0.15) is 0 Å². The molecule has 3 aromatic rings. The van der Waals surface area contributed by atoms with Crippen molar-refractivity contribution in [3.63, 3.8) is 0 Å². The van der Waals surface area contributed by atoms with Gasteiger partial charge in [0.15, 0.2) is 11.5 Å². The monoisotopic (exact) mass is 514 g/mol. The zero-order chi connectivity index (χ0) is 25.2. The molecule has 0 aliphatic carbocycles. The Bertz CT molecular complexity index is 1080. The Morgan fingerprint density at radius 3 is 1.83 bits per heavy atom. The van der Waals surface area contributed by atoms with E-state index in [9.17, 15) is 9.59 Å². The Labute approximate surface area is 215 Å². The summed E-state index contributed by atoms with van der Waals surface area (Å²) in [6.45, 7) is 2.66. The standard InChI is InChI=1S/C27H28Cl2N2O4/c1-3-4-5-16-35-24-17-20(10-15-23(24)34-2)25(30-26(32)18-6-11-21(28)12-7-18)31-27(33)19-8-13-22(29)14-9-19/h6-15,17,25H,3-5,16H2,1-2H3,(H,30,32)(H,31,33). The highest BCUT2D eigenvalue weighted by Gasteiger charge is 2.21. The van der Waals surface area contributed by atoms with Crippen molar-refractivity contribution < 1.29 is 19.1 Å². The van der Waals surface area contributed by atoms with Crippen LogP contribution in [0, 0.1) is 0 Å². The molecular weight excluding hydrogens is 487 g/mol. The number of ether oxygens (including phenoxy) is 2. The summed E-state index contributed by atoms with van der Waals surface area (Å²) in [5.74, 6) is 0.359. The molecular formula is C27H28Cl2N2O4. The van der Waals surface area contributed by atoms with Crippen molar-refractivity contribution in [2.75, 3.05) is 13.7 Å². The van der Waals surface area contributed by atoms with Crippen LogP contribution in [0.2, 0.25) is 10.0 Å². The first-order valence-corrected chi connectivity index (χ1v) is 12.1. The highest BCUT2D eigenvalue weighted by molar-refractivity contribution is 6.31. The van der Waals surface area contributed by atoms with Crippen molar-refractivity contribution in [3.8, 4) is 11.5 Å². The normalized spacial score (nSPS) is 10.7. The Morgan fingerprint density at radius 1 is 0.800 bits per heavy atom. The van der Waals surface area contributed by atoms with Crippen LogP contribution < -0.4 is 20.1 Å². The van der Waals surface area contributed by atoms with E-state index in [-0.39, 0.29) is 11.8 Å². The van der Waals surface area contributed by atoms with Gasteiger partial charge in [0.25, 0.3) is 11.8 Å². The molecule has 0 spiro atoms. The third-order valence-corrected chi connectivity index (χ3v) is 5.79. The molecule has 8 heteroatoms. The summed E-state index contributed by atoms with van der Waals surface area (Å²) in [5, 5.41) is 6.82. The summed E-state index contributed by atoms with van der Waals surface area (Å²) in [5.41, 5.74) is 1.44. The van der Waals surface area contributed by atoms with Gasteiger partial charge in [0, 0.05) is 21.2 Å². The molecule has 2 amide bonds. The zero-order valence-electron chi connectivity index (χ0n) is 19.6. The van der Waals surface area contributed by atoms with Crippen molar-refractivity contribution in [2.24, 2.45) is 0 Å². The lowest BCUT2D eigenvalue weighted by molar-refractivity contribution is 0.0883. The maximum atomic E-state index is 13.0. The Morgan fingerprint density at radius 2 is 1.34 bits per heavy atom. The largest absolute Gasteiger partial charge is 0.493 e. The number of hydrogen-bond acceptors (Lipinski definition) is 4. The summed E-state index contributed by atoms with van der Waals surface area (Å²) >= 11 is 11.9. The van der Waals surface area contributed by atoms with Crippen LogP contribution in [0.5, 0.6) is 11.5 Å². The molecule has 0 atom stereocenters. The number of hydrogen-bond donors (Lipinski definition) is 2. The van der Waals surface area contributed by atoms with Gasteiger partial charge in [0.2, 0.25) is 0 Å². The van der Waals surface area contributed by atoms with E-state index < -0.39 is 6.17 Å². The highest BCUT2D eigenvalue weighted by atomic mass is 35.5. The summed E-state index contributed by atoms with van der Waals surface area (Å²) in [4.78, 5) is 26.0. The second-order valence-corrected chi connectivity index (χ2v) is 8.73. The molecule has 0 bridgehead atoms. The molecule has 0 unspecified atom stereocenters. The molecule has 0 aliphatic heterocycles. The lowest BCUT2D eigenvalue weighted by atomic mass is 10.1. The number of methoxy groups -OCH3 is 1. The van der Waals surface area contributed by atoms with Gasteiger partial charge in [-0.15, -0.1) is 0 Å². The van der Waals surface area contributed by atoms with E-state index >= 15 is 0 Å². The smallest absolute Gasteiger partial charge is 0.253 e. The van der Waals surface area contributed by atoms with Gasteiger partial charge in [-0.05, 0) is 72.6 Å². The SMILES string of the molecule is CCCCCOc1cc(C(NC(=O)c2ccc(Cl)cc2)NC(=O)c2ccc(Cl)cc2)ccc1OC. The fourth-order valence-corrected chi connectivity index (χ4v) is 3.61. The molecule has 0 heterocycles. The minimum absolute atomic E-state index is 0.371. The van der Waals surface area contributed by atoms with Crippen LogP contribution in [0.1, 0.15) is 58.6 Å². The lowest BCUT2D eigenvalue weighted by Crippen LogP contribution is -2.41. The van der Waals surface area contributed by atoms with Gasteiger partial charge < -0.3 is 20.1 Å².